The summed E-state index contributed by atoms with van der Waals surface area (Å²) >= 11 is 0. The molecule has 0 N–H and O–H groups in total. The van der Waals surface area contributed by atoms with Crippen molar-refractivity contribution in [3.8, 4) is 0 Å². The van der Waals surface area contributed by atoms with Crippen molar-refractivity contribution in [3.05, 3.63) is 0 Å². The summed E-state index contributed by atoms with van der Waals surface area (Å²) in [6, 6.07) is 0. The molecule has 0 spiro atoms. The summed E-state index contributed by atoms with van der Waals surface area (Å²) in [5.74, 6) is 1.02. The summed E-state index contributed by atoms with van der Waals surface area (Å²) < 4.78 is 0. The molecular weight excluding hydrogens is 202 g/mol. The Morgan fingerprint density at radius 3 is 2.25 bits per heavy atom. The van der Waals surface area contributed by atoms with E-state index in [9.17, 15) is 9.59 Å². The molecule has 3 nitrogen and oxygen atoms in total. The van der Waals surface area contributed by atoms with Gasteiger partial charge in [-0.3, -0.25) is 4.79 Å². The van der Waals surface area contributed by atoms with E-state index < -0.39 is 0 Å². The van der Waals surface area contributed by atoms with E-state index in [1.807, 2.05) is 7.05 Å². The second-order valence-electron chi connectivity index (χ2n) is 4.91. The van der Waals surface area contributed by atoms with Crippen LogP contribution in [0.15, 0.2) is 0 Å². The minimum absolute atomic E-state index is 0.157. The Morgan fingerprint density at radius 1 is 1.12 bits per heavy atom. The smallest absolute Gasteiger partial charge is 0.222 e. The molecule has 1 amide bonds. The SMILES string of the molecule is CC(=O)CCCC(=O)N(C)CCCC(C)C. The van der Waals surface area contributed by atoms with Crippen LogP contribution in [-0.2, 0) is 9.59 Å². The van der Waals surface area contributed by atoms with Gasteiger partial charge in [0.1, 0.15) is 5.78 Å². The minimum Gasteiger partial charge on any atom is -0.346 e. The van der Waals surface area contributed by atoms with Gasteiger partial charge in [0.2, 0.25) is 5.91 Å². The first-order chi connectivity index (χ1) is 7.43. The van der Waals surface area contributed by atoms with Crippen LogP contribution >= 0.6 is 0 Å². The van der Waals surface area contributed by atoms with Crippen molar-refractivity contribution in [1.82, 2.24) is 4.90 Å². The zero-order valence-electron chi connectivity index (χ0n) is 11.1. The van der Waals surface area contributed by atoms with Crippen molar-refractivity contribution >= 4 is 11.7 Å². The van der Waals surface area contributed by atoms with E-state index in [2.05, 4.69) is 13.8 Å². The van der Waals surface area contributed by atoms with Crippen LogP contribution in [0.4, 0.5) is 0 Å². The van der Waals surface area contributed by atoms with Gasteiger partial charge in [-0.25, -0.2) is 0 Å². The number of ketones is 1. The van der Waals surface area contributed by atoms with Crippen molar-refractivity contribution in [1.29, 1.82) is 0 Å². The molecule has 0 aliphatic heterocycles. The number of amides is 1. The fraction of sp³-hybridized carbons (Fsp3) is 0.846. The first-order valence-corrected chi connectivity index (χ1v) is 6.17. The maximum Gasteiger partial charge on any atom is 0.222 e. The third-order valence-corrected chi connectivity index (χ3v) is 2.62. The molecule has 0 aliphatic rings. The maximum absolute atomic E-state index is 11.6. The van der Waals surface area contributed by atoms with Crippen molar-refractivity contribution < 1.29 is 9.59 Å². The largest absolute Gasteiger partial charge is 0.346 e. The van der Waals surface area contributed by atoms with Crippen LogP contribution in [0.5, 0.6) is 0 Å². The van der Waals surface area contributed by atoms with Crippen LogP contribution in [0, 0.1) is 5.92 Å². The zero-order valence-corrected chi connectivity index (χ0v) is 11.1. The Kier molecular flexibility index (Phi) is 7.86. The summed E-state index contributed by atoms with van der Waals surface area (Å²) in [5.41, 5.74) is 0. The molecule has 0 bridgehead atoms. The van der Waals surface area contributed by atoms with Gasteiger partial charge in [0.15, 0.2) is 0 Å². The van der Waals surface area contributed by atoms with Crippen LogP contribution in [0.25, 0.3) is 0 Å². The molecule has 16 heavy (non-hydrogen) atoms. The lowest BCUT2D eigenvalue weighted by molar-refractivity contribution is -0.130. The number of rotatable bonds is 8. The van der Waals surface area contributed by atoms with Gasteiger partial charge >= 0.3 is 0 Å². The molecule has 0 heterocycles. The summed E-state index contributed by atoms with van der Waals surface area (Å²) in [4.78, 5) is 24.1. The molecular formula is C13H25NO2. The molecule has 0 aromatic carbocycles. The molecule has 0 aromatic rings. The van der Waals surface area contributed by atoms with E-state index in [-0.39, 0.29) is 11.7 Å². The molecule has 0 unspecified atom stereocenters. The van der Waals surface area contributed by atoms with E-state index in [0.29, 0.717) is 25.2 Å². The Bertz CT molecular complexity index is 224. The van der Waals surface area contributed by atoms with Crippen molar-refractivity contribution in [2.24, 2.45) is 5.92 Å². The Labute approximate surface area is 99.2 Å². The van der Waals surface area contributed by atoms with Crippen molar-refractivity contribution in [2.75, 3.05) is 13.6 Å². The molecule has 94 valence electrons. The lowest BCUT2D eigenvalue weighted by Gasteiger charge is -2.17. The maximum atomic E-state index is 11.6. The molecule has 0 saturated carbocycles. The average molecular weight is 227 g/mol. The van der Waals surface area contributed by atoms with Gasteiger partial charge in [-0.1, -0.05) is 13.8 Å². The fourth-order valence-corrected chi connectivity index (χ4v) is 1.54. The minimum atomic E-state index is 0.157. The van der Waals surface area contributed by atoms with Crippen LogP contribution in [0.1, 0.15) is 52.9 Å². The van der Waals surface area contributed by atoms with E-state index >= 15 is 0 Å². The summed E-state index contributed by atoms with van der Waals surface area (Å²) in [7, 11) is 1.84. The predicted molar refractivity (Wildman–Crippen MR) is 66.2 cm³/mol. The van der Waals surface area contributed by atoms with E-state index in [0.717, 1.165) is 19.4 Å². The first kappa shape index (κ1) is 15.1. The predicted octanol–water partition coefficient (Wildman–Crippen LogP) is 2.64. The Balaban J connectivity index is 3.61. The summed E-state index contributed by atoms with van der Waals surface area (Å²) in [6.45, 7) is 6.78. The monoisotopic (exact) mass is 227 g/mol. The van der Waals surface area contributed by atoms with Gasteiger partial charge in [0.25, 0.3) is 0 Å². The number of hydrogen-bond donors (Lipinski definition) is 0. The molecule has 0 saturated heterocycles. The van der Waals surface area contributed by atoms with E-state index in [4.69, 9.17) is 0 Å². The molecule has 3 heteroatoms. The standard InChI is InChI=1S/C13H25NO2/c1-11(2)7-6-10-14(4)13(16)9-5-8-12(3)15/h11H,5-10H2,1-4H3. The highest BCUT2D eigenvalue weighted by atomic mass is 16.2. The molecule has 0 atom stereocenters. The normalized spacial score (nSPS) is 10.6. The highest BCUT2D eigenvalue weighted by molar-refractivity contribution is 5.78. The van der Waals surface area contributed by atoms with Crippen LogP contribution in [0.3, 0.4) is 0 Å². The van der Waals surface area contributed by atoms with Gasteiger partial charge < -0.3 is 9.69 Å². The third-order valence-electron chi connectivity index (χ3n) is 2.62. The second-order valence-corrected chi connectivity index (χ2v) is 4.91. The van der Waals surface area contributed by atoms with E-state index in [1.165, 1.54) is 0 Å². The highest BCUT2D eigenvalue weighted by Gasteiger charge is 2.08. The lowest BCUT2D eigenvalue weighted by atomic mass is 10.1. The average Bonchev–Trinajstić information content (AvgIpc) is 2.16. The third kappa shape index (κ3) is 8.45. The zero-order chi connectivity index (χ0) is 12.6. The van der Waals surface area contributed by atoms with Crippen LogP contribution in [0.2, 0.25) is 0 Å². The van der Waals surface area contributed by atoms with Crippen molar-refractivity contribution in [3.63, 3.8) is 0 Å². The van der Waals surface area contributed by atoms with Gasteiger partial charge in [-0.15, -0.1) is 0 Å². The van der Waals surface area contributed by atoms with Crippen LogP contribution in [-0.4, -0.2) is 30.2 Å². The highest BCUT2D eigenvalue weighted by Crippen LogP contribution is 2.06. The first-order valence-electron chi connectivity index (χ1n) is 6.17. The molecule has 0 aliphatic carbocycles. The number of carbonyl (C=O) groups excluding carboxylic acids is 2. The van der Waals surface area contributed by atoms with Gasteiger partial charge in [-0.05, 0) is 32.1 Å². The summed E-state index contributed by atoms with van der Waals surface area (Å²) in [5, 5.41) is 0. The summed E-state index contributed by atoms with van der Waals surface area (Å²) in [6.07, 6.45) is 3.92. The van der Waals surface area contributed by atoms with E-state index in [1.54, 1.807) is 11.8 Å². The molecule has 0 aromatic heterocycles. The topological polar surface area (TPSA) is 37.4 Å². The van der Waals surface area contributed by atoms with Gasteiger partial charge in [-0.2, -0.15) is 0 Å². The Morgan fingerprint density at radius 2 is 1.75 bits per heavy atom. The van der Waals surface area contributed by atoms with Gasteiger partial charge in [0.05, 0.1) is 0 Å². The lowest BCUT2D eigenvalue weighted by Crippen LogP contribution is -2.27. The fourth-order valence-electron chi connectivity index (χ4n) is 1.54. The van der Waals surface area contributed by atoms with Crippen molar-refractivity contribution in [2.45, 2.75) is 52.9 Å². The molecule has 0 radical (unpaired) electrons. The second kappa shape index (κ2) is 8.31. The number of Topliss-reactive ketones (excluding diaryl/α,β-unsaturated/α-hetero) is 1. The number of nitrogens with zero attached hydrogens (tertiary/aromatic N) is 1. The quantitative estimate of drug-likeness (QED) is 0.639. The molecule has 0 fully saturated rings. The molecule has 0 rings (SSSR count). The van der Waals surface area contributed by atoms with Crippen LogP contribution < -0.4 is 0 Å². The number of carbonyl (C=O) groups is 2. The van der Waals surface area contributed by atoms with Gasteiger partial charge in [0, 0.05) is 26.4 Å². The Hall–Kier alpha value is -0.860. The number of hydrogen-bond acceptors (Lipinski definition) is 2.